The molecule has 2 aromatic rings. The number of esters is 1. The minimum atomic E-state index is -4.41. The Hall–Kier alpha value is -2.34. The number of alkyl halides is 3. The van der Waals surface area contributed by atoms with Gasteiger partial charge in [0.25, 0.3) is 0 Å². The van der Waals surface area contributed by atoms with Gasteiger partial charge in [0.05, 0.1) is 12.2 Å². The lowest BCUT2D eigenvalue weighted by Crippen LogP contribution is -2.34. The Kier molecular flexibility index (Phi) is 5.62. The van der Waals surface area contributed by atoms with E-state index in [2.05, 4.69) is 0 Å². The van der Waals surface area contributed by atoms with E-state index in [1.54, 1.807) is 37.3 Å². The molecule has 0 fully saturated rings. The van der Waals surface area contributed by atoms with Crippen LogP contribution in [0.2, 0.25) is 0 Å². The maximum absolute atomic E-state index is 12.9. The standard InChI is InChI=1S/C18H18F3NO2/c1-2-24-17(23)16(22)11-13-6-3-4-9-15(13)12-7-5-8-14(10-12)18(19,20)21/h3-10,16H,2,11,22H2,1H3. The van der Waals surface area contributed by atoms with Crippen molar-refractivity contribution < 1.29 is 22.7 Å². The first-order valence-corrected chi connectivity index (χ1v) is 7.50. The molecule has 0 bridgehead atoms. The molecule has 0 saturated carbocycles. The third kappa shape index (κ3) is 4.35. The van der Waals surface area contributed by atoms with E-state index in [0.29, 0.717) is 16.7 Å². The average Bonchev–Trinajstić information content (AvgIpc) is 2.55. The van der Waals surface area contributed by atoms with Gasteiger partial charge in [-0.1, -0.05) is 36.4 Å². The molecule has 0 saturated heterocycles. The van der Waals surface area contributed by atoms with Crippen LogP contribution in [0.1, 0.15) is 18.1 Å². The minimum Gasteiger partial charge on any atom is -0.465 e. The van der Waals surface area contributed by atoms with Crippen LogP contribution in [0.25, 0.3) is 11.1 Å². The predicted molar refractivity (Wildman–Crippen MR) is 85.2 cm³/mol. The van der Waals surface area contributed by atoms with Gasteiger partial charge in [0.2, 0.25) is 0 Å². The summed E-state index contributed by atoms with van der Waals surface area (Å²) in [4.78, 5) is 11.7. The molecule has 128 valence electrons. The quantitative estimate of drug-likeness (QED) is 0.844. The Bertz CT molecular complexity index is 713. The van der Waals surface area contributed by atoms with E-state index in [1.165, 1.54) is 6.07 Å². The van der Waals surface area contributed by atoms with Crippen molar-refractivity contribution >= 4 is 5.97 Å². The van der Waals surface area contributed by atoms with Crippen LogP contribution < -0.4 is 5.73 Å². The van der Waals surface area contributed by atoms with Gasteiger partial charge in [-0.15, -0.1) is 0 Å². The van der Waals surface area contributed by atoms with Crippen molar-refractivity contribution in [1.29, 1.82) is 0 Å². The van der Waals surface area contributed by atoms with Crippen LogP contribution in [0.15, 0.2) is 48.5 Å². The number of nitrogens with two attached hydrogens (primary N) is 1. The summed E-state index contributed by atoms with van der Waals surface area (Å²) in [7, 11) is 0. The minimum absolute atomic E-state index is 0.186. The second-order valence-corrected chi connectivity index (χ2v) is 5.30. The number of hydrogen-bond donors (Lipinski definition) is 1. The summed E-state index contributed by atoms with van der Waals surface area (Å²) in [5, 5.41) is 0. The van der Waals surface area contributed by atoms with Crippen LogP contribution in [0.4, 0.5) is 13.2 Å². The number of rotatable bonds is 5. The van der Waals surface area contributed by atoms with Crippen LogP contribution in [-0.4, -0.2) is 18.6 Å². The third-order valence-electron chi connectivity index (χ3n) is 3.55. The summed E-state index contributed by atoms with van der Waals surface area (Å²) in [5.41, 5.74) is 6.84. The van der Waals surface area contributed by atoms with Crippen molar-refractivity contribution in [1.82, 2.24) is 0 Å². The molecule has 0 aliphatic rings. The summed E-state index contributed by atoms with van der Waals surface area (Å²) < 4.78 is 43.6. The molecule has 3 nitrogen and oxygen atoms in total. The molecule has 1 unspecified atom stereocenters. The highest BCUT2D eigenvalue weighted by Crippen LogP contribution is 2.33. The fraction of sp³-hybridized carbons (Fsp3) is 0.278. The van der Waals surface area contributed by atoms with E-state index < -0.39 is 23.8 Å². The molecular weight excluding hydrogens is 319 g/mol. The molecular formula is C18H18F3NO2. The summed E-state index contributed by atoms with van der Waals surface area (Å²) >= 11 is 0. The first-order chi connectivity index (χ1) is 11.3. The van der Waals surface area contributed by atoms with E-state index in [-0.39, 0.29) is 13.0 Å². The highest BCUT2D eigenvalue weighted by Gasteiger charge is 2.30. The second kappa shape index (κ2) is 7.49. The number of benzene rings is 2. The zero-order valence-corrected chi connectivity index (χ0v) is 13.1. The second-order valence-electron chi connectivity index (χ2n) is 5.30. The molecule has 0 aromatic heterocycles. The SMILES string of the molecule is CCOC(=O)C(N)Cc1ccccc1-c1cccc(C(F)(F)F)c1. The molecule has 2 aromatic carbocycles. The van der Waals surface area contributed by atoms with Gasteiger partial charge in [-0.3, -0.25) is 4.79 Å². The van der Waals surface area contributed by atoms with Crippen molar-refractivity contribution in [3.8, 4) is 11.1 Å². The summed E-state index contributed by atoms with van der Waals surface area (Å²) in [6, 6.07) is 11.2. The average molecular weight is 337 g/mol. The van der Waals surface area contributed by atoms with Crippen LogP contribution in [0, 0.1) is 0 Å². The number of carbonyl (C=O) groups is 1. The molecule has 6 heteroatoms. The Labute approximate surface area is 138 Å². The van der Waals surface area contributed by atoms with E-state index in [9.17, 15) is 18.0 Å². The Balaban J connectivity index is 2.34. The number of hydrogen-bond acceptors (Lipinski definition) is 3. The van der Waals surface area contributed by atoms with Crippen molar-refractivity contribution in [2.45, 2.75) is 25.6 Å². The molecule has 2 rings (SSSR count). The number of halogens is 3. The first-order valence-electron chi connectivity index (χ1n) is 7.50. The van der Waals surface area contributed by atoms with Gasteiger partial charge in [-0.2, -0.15) is 13.2 Å². The van der Waals surface area contributed by atoms with Crippen molar-refractivity contribution in [3.05, 3.63) is 59.7 Å². The monoisotopic (exact) mass is 337 g/mol. The van der Waals surface area contributed by atoms with Crippen molar-refractivity contribution in [3.63, 3.8) is 0 Å². The van der Waals surface area contributed by atoms with Crippen molar-refractivity contribution in [2.75, 3.05) is 6.61 Å². The maximum Gasteiger partial charge on any atom is 0.416 e. The maximum atomic E-state index is 12.9. The van der Waals surface area contributed by atoms with Crippen LogP contribution >= 0.6 is 0 Å². The lowest BCUT2D eigenvalue weighted by Gasteiger charge is -2.15. The van der Waals surface area contributed by atoms with Gasteiger partial charge in [-0.25, -0.2) is 0 Å². The van der Waals surface area contributed by atoms with E-state index in [4.69, 9.17) is 10.5 Å². The van der Waals surface area contributed by atoms with Crippen LogP contribution in [-0.2, 0) is 22.1 Å². The van der Waals surface area contributed by atoms with E-state index >= 15 is 0 Å². The van der Waals surface area contributed by atoms with Gasteiger partial charge in [0.1, 0.15) is 6.04 Å². The van der Waals surface area contributed by atoms with Crippen LogP contribution in [0.5, 0.6) is 0 Å². The highest BCUT2D eigenvalue weighted by atomic mass is 19.4. The van der Waals surface area contributed by atoms with Crippen LogP contribution in [0.3, 0.4) is 0 Å². The Morgan fingerprint density at radius 2 is 1.88 bits per heavy atom. The first kappa shape index (κ1) is 18.0. The van der Waals surface area contributed by atoms with Gasteiger partial charge < -0.3 is 10.5 Å². The summed E-state index contributed by atoms with van der Waals surface area (Å²) in [6.45, 7) is 1.91. The molecule has 0 amide bonds. The van der Waals surface area contributed by atoms with Gasteiger partial charge in [-0.05, 0) is 42.2 Å². The topological polar surface area (TPSA) is 52.3 Å². The molecule has 1 atom stereocenters. The number of carbonyl (C=O) groups excluding carboxylic acids is 1. The molecule has 0 aliphatic carbocycles. The molecule has 0 spiro atoms. The lowest BCUT2D eigenvalue weighted by atomic mass is 9.94. The largest absolute Gasteiger partial charge is 0.465 e. The lowest BCUT2D eigenvalue weighted by molar-refractivity contribution is -0.144. The van der Waals surface area contributed by atoms with E-state index in [1.807, 2.05) is 0 Å². The Morgan fingerprint density at radius 1 is 1.17 bits per heavy atom. The van der Waals surface area contributed by atoms with Gasteiger partial charge in [0.15, 0.2) is 0 Å². The highest BCUT2D eigenvalue weighted by molar-refractivity contribution is 5.77. The Morgan fingerprint density at radius 3 is 2.54 bits per heavy atom. The zero-order chi connectivity index (χ0) is 17.7. The molecule has 0 radical (unpaired) electrons. The number of ether oxygens (including phenoxy) is 1. The molecule has 0 heterocycles. The van der Waals surface area contributed by atoms with Crippen molar-refractivity contribution in [2.24, 2.45) is 5.73 Å². The van der Waals surface area contributed by atoms with Gasteiger partial charge in [0, 0.05) is 0 Å². The molecule has 0 aliphatic heterocycles. The zero-order valence-electron chi connectivity index (χ0n) is 13.1. The summed E-state index contributed by atoms with van der Waals surface area (Å²) in [5.74, 6) is -0.531. The summed E-state index contributed by atoms with van der Waals surface area (Å²) in [6.07, 6.45) is -4.22. The fourth-order valence-electron chi connectivity index (χ4n) is 2.41. The predicted octanol–water partition coefficient (Wildman–Crippen LogP) is 3.81. The molecule has 2 N–H and O–H groups in total. The molecule has 24 heavy (non-hydrogen) atoms. The fourth-order valence-corrected chi connectivity index (χ4v) is 2.41. The van der Waals surface area contributed by atoms with E-state index in [0.717, 1.165) is 12.1 Å². The normalized spacial score (nSPS) is 12.7. The third-order valence-corrected chi connectivity index (χ3v) is 3.55. The smallest absolute Gasteiger partial charge is 0.416 e. The van der Waals surface area contributed by atoms with Gasteiger partial charge >= 0.3 is 12.1 Å².